The summed E-state index contributed by atoms with van der Waals surface area (Å²) in [7, 11) is 3.15. The first-order valence-electron chi connectivity index (χ1n) is 4.59. The summed E-state index contributed by atoms with van der Waals surface area (Å²) in [4.78, 5) is 10.1. The number of hydrogen-bond acceptors (Lipinski definition) is 4. The Balaban J connectivity index is 2.72. The predicted octanol–water partition coefficient (Wildman–Crippen LogP) is 1.67. The molecule has 1 rings (SSSR count). The van der Waals surface area contributed by atoms with Gasteiger partial charge in [0.2, 0.25) is 0 Å². The third-order valence-corrected chi connectivity index (χ3v) is 1.83. The highest BCUT2D eigenvalue weighted by Gasteiger charge is 2.02. The second-order valence-electron chi connectivity index (χ2n) is 2.85. The molecule has 0 spiro atoms. The van der Waals surface area contributed by atoms with Crippen molar-refractivity contribution >= 4 is 6.29 Å². The highest BCUT2D eigenvalue weighted by Crippen LogP contribution is 2.27. The van der Waals surface area contributed by atoms with Gasteiger partial charge in [0.15, 0.2) is 0 Å². The summed E-state index contributed by atoms with van der Waals surface area (Å²) in [6.45, 7) is 0.361. The van der Waals surface area contributed by atoms with Crippen molar-refractivity contribution in [2.45, 2.75) is 6.42 Å². The summed E-state index contributed by atoms with van der Waals surface area (Å²) in [6.07, 6.45) is 1.19. The van der Waals surface area contributed by atoms with Crippen LogP contribution in [-0.2, 0) is 4.79 Å². The second kappa shape index (κ2) is 5.90. The van der Waals surface area contributed by atoms with E-state index in [1.807, 2.05) is 0 Å². The molecule has 0 saturated heterocycles. The molecule has 1 aromatic rings. The molecule has 0 radical (unpaired) electrons. The lowest BCUT2D eigenvalue weighted by atomic mass is 10.3. The Kier molecular flexibility index (Phi) is 4.47. The van der Waals surface area contributed by atoms with Gasteiger partial charge in [-0.3, -0.25) is 0 Å². The summed E-state index contributed by atoms with van der Waals surface area (Å²) >= 11 is 0. The monoisotopic (exact) mass is 210 g/mol. The Bertz CT molecular complexity index is 300. The first-order chi connectivity index (χ1) is 7.30. The Morgan fingerprint density at radius 3 is 2.07 bits per heavy atom. The molecule has 4 nitrogen and oxygen atoms in total. The van der Waals surface area contributed by atoms with Crippen LogP contribution < -0.4 is 14.2 Å². The van der Waals surface area contributed by atoms with Crippen LogP contribution in [0.25, 0.3) is 0 Å². The van der Waals surface area contributed by atoms with Gasteiger partial charge in [-0.05, 0) is 0 Å². The SMILES string of the molecule is COc1cc(OC)cc(OCCC=O)c1. The molecule has 0 aliphatic carbocycles. The topological polar surface area (TPSA) is 44.8 Å². The van der Waals surface area contributed by atoms with Gasteiger partial charge in [0, 0.05) is 24.6 Å². The van der Waals surface area contributed by atoms with E-state index in [0.29, 0.717) is 30.3 Å². The van der Waals surface area contributed by atoms with E-state index in [-0.39, 0.29) is 0 Å². The molecule has 0 heterocycles. The molecule has 0 bridgehead atoms. The minimum Gasteiger partial charge on any atom is -0.496 e. The molecule has 0 fully saturated rings. The van der Waals surface area contributed by atoms with Crippen LogP contribution >= 0.6 is 0 Å². The number of rotatable bonds is 6. The fraction of sp³-hybridized carbons (Fsp3) is 0.364. The van der Waals surface area contributed by atoms with E-state index in [0.717, 1.165) is 6.29 Å². The number of carbonyl (C=O) groups is 1. The van der Waals surface area contributed by atoms with E-state index in [4.69, 9.17) is 14.2 Å². The van der Waals surface area contributed by atoms with Crippen molar-refractivity contribution in [2.24, 2.45) is 0 Å². The normalized spacial score (nSPS) is 9.47. The molecule has 0 aromatic heterocycles. The van der Waals surface area contributed by atoms with Crippen LogP contribution in [0.2, 0.25) is 0 Å². The lowest BCUT2D eigenvalue weighted by Gasteiger charge is -2.09. The van der Waals surface area contributed by atoms with Crippen LogP contribution in [0.15, 0.2) is 18.2 Å². The zero-order valence-electron chi connectivity index (χ0n) is 8.86. The maximum absolute atomic E-state index is 10.1. The first-order valence-corrected chi connectivity index (χ1v) is 4.59. The number of hydrogen-bond donors (Lipinski definition) is 0. The highest BCUT2D eigenvalue weighted by atomic mass is 16.5. The van der Waals surface area contributed by atoms with Crippen LogP contribution in [0.1, 0.15) is 6.42 Å². The molecule has 0 saturated carbocycles. The lowest BCUT2D eigenvalue weighted by Crippen LogP contribution is -1.98. The first kappa shape index (κ1) is 11.4. The van der Waals surface area contributed by atoms with E-state index < -0.39 is 0 Å². The van der Waals surface area contributed by atoms with Gasteiger partial charge >= 0.3 is 0 Å². The van der Waals surface area contributed by atoms with Gasteiger partial charge in [-0.1, -0.05) is 0 Å². The van der Waals surface area contributed by atoms with E-state index >= 15 is 0 Å². The molecule has 0 aliphatic rings. The number of aldehydes is 1. The average molecular weight is 210 g/mol. The standard InChI is InChI=1S/C11H14O4/c1-13-9-6-10(14-2)8-11(7-9)15-5-3-4-12/h4,6-8H,3,5H2,1-2H3. The molecule has 0 aliphatic heterocycles. The van der Waals surface area contributed by atoms with Gasteiger partial charge in [0.1, 0.15) is 23.5 Å². The van der Waals surface area contributed by atoms with Crippen molar-refractivity contribution < 1.29 is 19.0 Å². The minimum atomic E-state index is 0.361. The minimum absolute atomic E-state index is 0.361. The molecule has 0 amide bonds. The predicted molar refractivity (Wildman–Crippen MR) is 55.7 cm³/mol. The van der Waals surface area contributed by atoms with E-state index in [1.54, 1.807) is 32.4 Å². The Labute approximate surface area is 88.8 Å². The van der Waals surface area contributed by atoms with E-state index in [9.17, 15) is 4.79 Å². The molecule has 82 valence electrons. The summed E-state index contributed by atoms with van der Waals surface area (Å²) < 4.78 is 15.5. The molecule has 0 unspecified atom stereocenters. The van der Waals surface area contributed by atoms with Crippen molar-refractivity contribution in [1.29, 1.82) is 0 Å². The van der Waals surface area contributed by atoms with Crippen LogP contribution in [0.5, 0.6) is 17.2 Å². The van der Waals surface area contributed by atoms with Gasteiger partial charge in [0.05, 0.1) is 20.8 Å². The molecular formula is C11H14O4. The third-order valence-electron chi connectivity index (χ3n) is 1.83. The third kappa shape index (κ3) is 3.50. The second-order valence-corrected chi connectivity index (χ2v) is 2.85. The van der Waals surface area contributed by atoms with Crippen molar-refractivity contribution in [3.63, 3.8) is 0 Å². The van der Waals surface area contributed by atoms with Crippen molar-refractivity contribution in [3.8, 4) is 17.2 Å². The number of ether oxygens (including phenoxy) is 3. The van der Waals surface area contributed by atoms with Gasteiger partial charge in [-0.15, -0.1) is 0 Å². The van der Waals surface area contributed by atoms with Crippen molar-refractivity contribution in [1.82, 2.24) is 0 Å². The van der Waals surface area contributed by atoms with Crippen LogP contribution in [0.3, 0.4) is 0 Å². The van der Waals surface area contributed by atoms with Gasteiger partial charge in [0.25, 0.3) is 0 Å². The lowest BCUT2D eigenvalue weighted by molar-refractivity contribution is -0.108. The molecule has 15 heavy (non-hydrogen) atoms. The molecular weight excluding hydrogens is 196 g/mol. The summed E-state index contributed by atoms with van der Waals surface area (Å²) in [5.41, 5.74) is 0. The number of benzene rings is 1. The fourth-order valence-corrected chi connectivity index (χ4v) is 1.09. The Hall–Kier alpha value is -1.71. The fourth-order valence-electron chi connectivity index (χ4n) is 1.09. The largest absolute Gasteiger partial charge is 0.496 e. The quantitative estimate of drug-likeness (QED) is 0.529. The van der Waals surface area contributed by atoms with Gasteiger partial charge < -0.3 is 19.0 Å². The van der Waals surface area contributed by atoms with Gasteiger partial charge in [-0.2, -0.15) is 0 Å². The van der Waals surface area contributed by atoms with Crippen molar-refractivity contribution in [3.05, 3.63) is 18.2 Å². The van der Waals surface area contributed by atoms with E-state index in [1.165, 1.54) is 0 Å². The number of carbonyl (C=O) groups excluding carboxylic acids is 1. The molecule has 4 heteroatoms. The van der Waals surface area contributed by atoms with Crippen LogP contribution in [0, 0.1) is 0 Å². The van der Waals surface area contributed by atoms with Crippen molar-refractivity contribution in [2.75, 3.05) is 20.8 Å². The summed E-state index contributed by atoms with van der Waals surface area (Å²) in [5, 5.41) is 0. The highest BCUT2D eigenvalue weighted by molar-refractivity contribution is 5.49. The zero-order chi connectivity index (χ0) is 11.1. The number of methoxy groups -OCH3 is 2. The van der Waals surface area contributed by atoms with E-state index in [2.05, 4.69) is 0 Å². The Morgan fingerprint density at radius 2 is 1.60 bits per heavy atom. The molecule has 0 N–H and O–H groups in total. The zero-order valence-corrected chi connectivity index (χ0v) is 8.86. The maximum atomic E-state index is 10.1. The summed E-state index contributed by atoms with van der Waals surface area (Å²) in [6, 6.07) is 5.24. The maximum Gasteiger partial charge on any atom is 0.126 e. The smallest absolute Gasteiger partial charge is 0.126 e. The summed E-state index contributed by atoms with van der Waals surface area (Å²) in [5.74, 6) is 1.96. The molecule has 1 aromatic carbocycles. The van der Waals surface area contributed by atoms with Gasteiger partial charge in [-0.25, -0.2) is 0 Å². The van der Waals surface area contributed by atoms with Crippen LogP contribution in [0.4, 0.5) is 0 Å². The molecule has 0 atom stereocenters. The average Bonchev–Trinajstić information content (AvgIpc) is 2.29. The van der Waals surface area contributed by atoms with Crippen LogP contribution in [-0.4, -0.2) is 27.1 Å². The Morgan fingerprint density at radius 1 is 1.07 bits per heavy atom.